The van der Waals surface area contributed by atoms with E-state index < -0.39 is 0 Å². The summed E-state index contributed by atoms with van der Waals surface area (Å²) >= 11 is 0. The Morgan fingerprint density at radius 2 is 1.52 bits per heavy atom. The van der Waals surface area contributed by atoms with Crippen molar-refractivity contribution in [1.29, 1.82) is 0 Å². The Hall–Kier alpha value is -2.82. The number of hydrogen-bond acceptors (Lipinski definition) is 5. The predicted octanol–water partition coefficient (Wildman–Crippen LogP) is 3.75. The fourth-order valence-electron chi connectivity index (χ4n) is 3.06. The molecule has 1 heterocycles. The molecular formula is C18H16O5. The van der Waals surface area contributed by atoms with E-state index in [4.69, 9.17) is 23.7 Å². The van der Waals surface area contributed by atoms with Gasteiger partial charge in [-0.2, -0.15) is 0 Å². The van der Waals surface area contributed by atoms with E-state index in [0.717, 1.165) is 33.0 Å². The van der Waals surface area contributed by atoms with Gasteiger partial charge >= 0.3 is 0 Å². The summed E-state index contributed by atoms with van der Waals surface area (Å²) < 4.78 is 27.5. The molecule has 0 saturated heterocycles. The summed E-state index contributed by atoms with van der Waals surface area (Å²) in [6.45, 7) is 0.224. The number of rotatable bonds is 3. The number of methoxy groups -OCH3 is 3. The lowest BCUT2D eigenvalue weighted by Crippen LogP contribution is -1.93. The van der Waals surface area contributed by atoms with Crippen LogP contribution in [0.4, 0.5) is 0 Å². The van der Waals surface area contributed by atoms with E-state index in [0.29, 0.717) is 17.2 Å². The van der Waals surface area contributed by atoms with Gasteiger partial charge in [0.1, 0.15) is 5.75 Å². The summed E-state index contributed by atoms with van der Waals surface area (Å²) in [7, 11) is 4.90. The van der Waals surface area contributed by atoms with Crippen molar-refractivity contribution in [1.82, 2.24) is 0 Å². The van der Waals surface area contributed by atoms with Crippen LogP contribution in [0.5, 0.6) is 28.7 Å². The molecule has 23 heavy (non-hydrogen) atoms. The molecule has 3 aromatic carbocycles. The third-order valence-corrected chi connectivity index (χ3v) is 4.14. The molecule has 118 valence electrons. The van der Waals surface area contributed by atoms with Gasteiger partial charge in [0.05, 0.1) is 21.3 Å². The highest BCUT2D eigenvalue weighted by atomic mass is 16.7. The van der Waals surface area contributed by atoms with Gasteiger partial charge in [-0.25, -0.2) is 0 Å². The van der Waals surface area contributed by atoms with Gasteiger partial charge in [-0.3, -0.25) is 0 Å². The molecule has 0 aromatic heterocycles. The molecule has 5 heteroatoms. The van der Waals surface area contributed by atoms with Crippen LogP contribution in [0.1, 0.15) is 0 Å². The Balaban J connectivity index is 2.15. The number of fused-ring (bicyclic) bond motifs is 5. The average molecular weight is 312 g/mol. The zero-order valence-corrected chi connectivity index (χ0v) is 13.1. The maximum absolute atomic E-state index is 5.63. The van der Waals surface area contributed by atoms with Crippen LogP contribution in [0, 0.1) is 0 Å². The topological polar surface area (TPSA) is 46.2 Å². The van der Waals surface area contributed by atoms with Gasteiger partial charge in [-0.1, -0.05) is 6.07 Å². The molecule has 0 unspecified atom stereocenters. The van der Waals surface area contributed by atoms with E-state index in [-0.39, 0.29) is 6.79 Å². The summed E-state index contributed by atoms with van der Waals surface area (Å²) in [5, 5.41) is 3.97. The maximum atomic E-state index is 5.63. The van der Waals surface area contributed by atoms with Crippen LogP contribution in [-0.2, 0) is 0 Å². The highest BCUT2D eigenvalue weighted by Crippen LogP contribution is 2.47. The minimum absolute atomic E-state index is 0.224. The zero-order chi connectivity index (χ0) is 16.0. The van der Waals surface area contributed by atoms with E-state index in [1.807, 2.05) is 30.3 Å². The van der Waals surface area contributed by atoms with Gasteiger partial charge < -0.3 is 23.7 Å². The molecule has 3 aromatic rings. The van der Waals surface area contributed by atoms with Crippen molar-refractivity contribution in [3.63, 3.8) is 0 Å². The first-order chi connectivity index (χ1) is 11.3. The van der Waals surface area contributed by atoms with Crippen LogP contribution < -0.4 is 23.7 Å². The smallest absolute Gasteiger partial charge is 0.231 e. The zero-order valence-electron chi connectivity index (χ0n) is 13.1. The predicted molar refractivity (Wildman–Crippen MR) is 87.2 cm³/mol. The Morgan fingerprint density at radius 3 is 2.26 bits per heavy atom. The standard InChI is InChI=1S/C18H16O5/c1-19-13-6-10-4-5-11-17(12(10)7-14(13)20-2)15(21-3)8-16-18(11)23-9-22-16/h4-8H,9H2,1-3H3. The van der Waals surface area contributed by atoms with Crippen molar-refractivity contribution in [3.8, 4) is 28.7 Å². The van der Waals surface area contributed by atoms with Crippen LogP contribution >= 0.6 is 0 Å². The lowest BCUT2D eigenvalue weighted by atomic mass is 9.99. The van der Waals surface area contributed by atoms with Crippen molar-refractivity contribution >= 4 is 21.5 Å². The van der Waals surface area contributed by atoms with Gasteiger partial charge in [0.25, 0.3) is 0 Å². The molecule has 1 aliphatic rings. The molecule has 1 aliphatic heterocycles. The highest BCUT2D eigenvalue weighted by molar-refractivity contribution is 6.14. The lowest BCUT2D eigenvalue weighted by molar-refractivity contribution is 0.174. The normalized spacial score (nSPS) is 12.7. The monoisotopic (exact) mass is 312 g/mol. The first kappa shape index (κ1) is 13.8. The van der Waals surface area contributed by atoms with Crippen LogP contribution in [-0.4, -0.2) is 28.1 Å². The van der Waals surface area contributed by atoms with Gasteiger partial charge in [-0.15, -0.1) is 0 Å². The van der Waals surface area contributed by atoms with Crippen molar-refractivity contribution in [3.05, 3.63) is 30.3 Å². The SMILES string of the molecule is COc1cc2ccc3c4c(cc(OC)c3c2cc1OC)OCO4. The molecule has 5 nitrogen and oxygen atoms in total. The molecule has 0 bridgehead atoms. The van der Waals surface area contributed by atoms with Gasteiger partial charge in [0.15, 0.2) is 23.0 Å². The van der Waals surface area contributed by atoms with Crippen LogP contribution in [0.25, 0.3) is 21.5 Å². The molecule has 0 N–H and O–H groups in total. The first-order valence-corrected chi connectivity index (χ1v) is 7.22. The molecule has 0 fully saturated rings. The highest BCUT2D eigenvalue weighted by Gasteiger charge is 2.22. The minimum atomic E-state index is 0.224. The van der Waals surface area contributed by atoms with E-state index >= 15 is 0 Å². The lowest BCUT2D eigenvalue weighted by Gasteiger charge is -2.14. The van der Waals surface area contributed by atoms with Crippen LogP contribution in [0.3, 0.4) is 0 Å². The Labute approximate surface area is 133 Å². The van der Waals surface area contributed by atoms with Crippen LogP contribution in [0.15, 0.2) is 30.3 Å². The molecule has 0 saturated carbocycles. The summed E-state index contributed by atoms with van der Waals surface area (Å²) in [6, 6.07) is 9.82. The number of benzene rings is 3. The van der Waals surface area contributed by atoms with Crippen molar-refractivity contribution < 1.29 is 23.7 Å². The fraction of sp³-hybridized carbons (Fsp3) is 0.222. The molecule has 0 aliphatic carbocycles. The largest absolute Gasteiger partial charge is 0.496 e. The maximum Gasteiger partial charge on any atom is 0.231 e. The summed E-state index contributed by atoms with van der Waals surface area (Å²) in [4.78, 5) is 0. The van der Waals surface area contributed by atoms with Gasteiger partial charge in [-0.05, 0) is 29.0 Å². The molecule has 4 rings (SSSR count). The second-order valence-corrected chi connectivity index (χ2v) is 5.23. The average Bonchev–Trinajstić information content (AvgIpc) is 3.07. The second kappa shape index (κ2) is 5.12. The molecule has 0 amide bonds. The summed E-state index contributed by atoms with van der Waals surface area (Å²) in [5.74, 6) is 3.56. The second-order valence-electron chi connectivity index (χ2n) is 5.23. The number of hydrogen-bond donors (Lipinski definition) is 0. The minimum Gasteiger partial charge on any atom is -0.496 e. The van der Waals surface area contributed by atoms with Crippen molar-refractivity contribution in [2.45, 2.75) is 0 Å². The number of ether oxygens (including phenoxy) is 5. The molecular weight excluding hydrogens is 296 g/mol. The van der Waals surface area contributed by atoms with Crippen LogP contribution in [0.2, 0.25) is 0 Å². The summed E-state index contributed by atoms with van der Waals surface area (Å²) in [6.07, 6.45) is 0. The molecule has 0 spiro atoms. The fourth-order valence-corrected chi connectivity index (χ4v) is 3.06. The molecule has 0 atom stereocenters. The Kier molecular flexibility index (Phi) is 3.08. The van der Waals surface area contributed by atoms with Crippen molar-refractivity contribution in [2.24, 2.45) is 0 Å². The quantitative estimate of drug-likeness (QED) is 0.689. The molecule has 0 radical (unpaired) electrons. The Bertz CT molecular complexity index is 917. The Morgan fingerprint density at radius 1 is 0.783 bits per heavy atom. The van der Waals surface area contributed by atoms with E-state index in [1.165, 1.54) is 0 Å². The van der Waals surface area contributed by atoms with E-state index in [2.05, 4.69) is 0 Å². The summed E-state index contributed by atoms with van der Waals surface area (Å²) in [5.41, 5.74) is 0. The first-order valence-electron chi connectivity index (χ1n) is 7.22. The van der Waals surface area contributed by atoms with Gasteiger partial charge in [0.2, 0.25) is 6.79 Å². The van der Waals surface area contributed by atoms with E-state index in [9.17, 15) is 0 Å². The third-order valence-electron chi connectivity index (χ3n) is 4.14. The van der Waals surface area contributed by atoms with Gasteiger partial charge in [0, 0.05) is 16.8 Å². The van der Waals surface area contributed by atoms with Crippen molar-refractivity contribution in [2.75, 3.05) is 28.1 Å². The van der Waals surface area contributed by atoms with E-state index in [1.54, 1.807) is 21.3 Å². The third kappa shape index (κ3) is 1.93.